The molecule has 0 aliphatic carbocycles. The van der Waals surface area contributed by atoms with E-state index in [-0.39, 0.29) is 17.5 Å². The van der Waals surface area contributed by atoms with Crippen molar-refractivity contribution >= 4 is 23.2 Å². The minimum absolute atomic E-state index is 0.0690. The summed E-state index contributed by atoms with van der Waals surface area (Å²) in [5.74, 6) is -1.42. The molecule has 3 N–H and O–H groups in total. The topological polar surface area (TPSA) is 96.5 Å². The number of aromatic carboxylic acids is 1. The summed E-state index contributed by atoms with van der Waals surface area (Å²) in [6, 6.07) is 0. The minimum atomic E-state index is -1.03. The summed E-state index contributed by atoms with van der Waals surface area (Å²) in [7, 11) is 0. The van der Waals surface area contributed by atoms with E-state index in [0.717, 1.165) is 30.7 Å². The van der Waals surface area contributed by atoms with Gasteiger partial charge >= 0.3 is 5.97 Å². The van der Waals surface area contributed by atoms with Crippen LogP contribution in [0.1, 0.15) is 35.3 Å². The third kappa shape index (κ3) is 4.80. The average molecular weight is 271 g/mol. The van der Waals surface area contributed by atoms with Gasteiger partial charge in [-0.05, 0) is 13.0 Å². The molecule has 6 nitrogen and oxygen atoms in total. The largest absolute Gasteiger partial charge is 0.476 e. The van der Waals surface area contributed by atoms with Crippen molar-refractivity contribution in [1.29, 1.82) is 0 Å². The van der Waals surface area contributed by atoms with Crippen LogP contribution in [0.25, 0.3) is 0 Å². The molecule has 0 radical (unpaired) electrons. The first-order valence-electron chi connectivity index (χ1n) is 5.71. The number of amides is 1. The Morgan fingerprint density at radius 1 is 1.56 bits per heavy atom. The zero-order valence-corrected chi connectivity index (χ0v) is 11.1. The zero-order chi connectivity index (χ0) is 13.5. The molecule has 0 aliphatic rings. The maximum Gasteiger partial charge on any atom is 0.365 e. The van der Waals surface area contributed by atoms with Crippen LogP contribution < -0.4 is 5.73 Å². The van der Waals surface area contributed by atoms with E-state index in [9.17, 15) is 9.59 Å². The Hall–Kier alpha value is -1.47. The third-order valence-electron chi connectivity index (χ3n) is 2.33. The number of rotatable bonds is 8. The second-order valence-corrected chi connectivity index (χ2v) is 4.84. The molecule has 1 rings (SSSR count). The van der Waals surface area contributed by atoms with E-state index in [1.807, 2.05) is 4.90 Å². The lowest BCUT2D eigenvalue weighted by Crippen LogP contribution is -2.34. The van der Waals surface area contributed by atoms with Gasteiger partial charge in [-0.25, -0.2) is 9.78 Å². The quantitative estimate of drug-likeness (QED) is 0.733. The number of carboxylic acid groups (broad SMARTS) is 1. The highest BCUT2D eigenvalue weighted by Crippen LogP contribution is 2.12. The van der Waals surface area contributed by atoms with Crippen molar-refractivity contribution in [3.63, 3.8) is 0 Å². The van der Waals surface area contributed by atoms with Crippen LogP contribution in [0.2, 0.25) is 0 Å². The van der Waals surface area contributed by atoms with Crippen molar-refractivity contribution in [3.8, 4) is 0 Å². The molecule has 0 saturated heterocycles. The van der Waals surface area contributed by atoms with E-state index in [1.165, 1.54) is 0 Å². The van der Waals surface area contributed by atoms with Crippen LogP contribution in [0.15, 0.2) is 5.38 Å². The van der Waals surface area contributed by atoms with Gasteiger partial charge in [0.1, 0.15) is 0 Å². The van der Waals surface area contributed by atoms with Crippen LogP contribution in [0.5, 0.6) is 0 Å². The van der Waals surface area contributed by atoms with Crippen molar-refractivity contribution in [2.45, 2.75) is 26.3 Å². The first-order chi connectivity index (χ1) is 8.52. The van der Waals surface area contributed by atoms with Gasteiger partial charge < -0.3 is 10.8 Å². The second-order valence-electron chi connectivity index (χ2n) is 3.98. The highest BCUT2D eigenvalue weighted by molar-refractivity contribution is 7.11. The predicted molar refractivity (Wildman–Crippen MR) is 68.5 cm³/mol. The van der Waals surface area contributed by atoms with E-state index in [2.05, 4.69) is 11.9 Å². The molecule has 0 atom stereocenters. The van der Waals surface area contributed by atoms with Crippen LogP contribution in [0.4, 0.5) is 0 Å². The number of hydrogen-bond acceptors (Lipinski definition) is 5. The fourth-order valence-corrected chi connectivity index (χ4v) is 2.17. The third-order valence-corrected chi connectivity index (χ3v) is 3.21. The van der Waals surface area contributed by atoms with Crippen LogP contribution >= 0.6 is 11.3 Å². The Morgan fingerprint density at radius 2 is 2.28 bits per heavy atom. The van der Waals surface area contributed by atoms with Crippen molar-refractivity contribution in [2.24, 2.45) is 5.73 Å². The summed E-state index contributed by atoms with van der Waals surface area (Å²) in [5.41, 5.74) is 5.84. The van der Waals surface area contributed by atoms with Gasteiger partial charge in [0.25, 0.3) is 0 Å². The maximum absolute atomic E-state index is 10.9. The lowest BCUT2D eigenvalue weighted by molar-refractivity contribution is -0.119. The fourth-order valence-electron chi connectivity index (χ4n) is 1.52. The molecule has 0 aromatic carbocycles. The van der Waals surface area contributed by atoms with Gasteiger partial charge in [0.15, 0.2) is 0 Å². The molecule has 1 amide bonds. The number of primary amides is 1. The number of hydrogen-bond donors (Lipinski definition) is 2. The van der Waals surface area contributed by atoms with Crippen molar-refractivity contribution in [3.05, 3.63) is 16.1 Å². The predicted octanol–water partition coefficient (Wildman–Crippen LogP) is 0.929. The standard InChI is InChI=1S/C11H17N3O3S/c1-2-3-4-14(6-9(12)15)5-8-7-18-10(13-8)11(16)17/h7H,2-6H2,1H3,(H2,12,15)(H,16,17). The Bertz CT molecular complexity index is 419. The molecule has 7 heteroatoms. The second kappa shape index (κ2) is 7.07. The average Bonchev–Trinajstić information content (AvgIpc) is 2.73. The molecule has 100 valence electrons. The molecular formula is C11H17N3O3S. The summed E-state index contributed by atoms with van der Waals surface area (Å²) < 4.78 is 0. The Kier molecular flexibility index (Phi) is 5.73. The number of thiazole rings is 1. The number of carboxylic acids is 1. The number of aromatic nitrogens is 1. The van der Waals surface area contributed by atoms with E-state index in [0.29, 0.717) is 12.2 Å². The Labute approximate surface area is 109 Å². The molecular weight excluding hydrogens is 254 g/mol. The van der Waals surface area contributed by atoms with Crippen LogP contribution in [0.3, 0.4) is 0 Å². The van der Waals surface area contributed by atoms with Crippen LogP contribution in [-0.2, 0) is 11.3 Å². The lowest BCUT2D eigenvalue weighted by Gasteiger charge is -2.18. The normalized spacial score (nSPS) is 10.8. The summed E-state index contributed by atoms with van der Waals surface area (Å²) in [5, 5.41) is 10.5. The van der Waals surface area contributed by atoms with E-state index >= 15 is 0 Å². The molecule has 0 aliphatic heterocycles. The molecule has 0 saturated carbocycles. The van der Waals surface area contributed by atoms with Crippen LogP contribution in [-0.4, -0.2) is 40.0 Å². The van der Waals surface area contributed by atoms with Gasteiger partial charge in [0.2, 0.25) is 10.9 Å². The first kappa shape index (κ1) is 14.6. The molecule has 0 bridgehead atoms. The van der Waals surface area contributed by atoms with Gasteiger partial charge in [-0.3, -0.25) is 9.69 Å². The maximum atomic E-state index is 10.9. The minimum Gasteiger partial charge on any atom is -0.476 e. The molecule has 0 spiro atoms. The van der Waals surface area contributed by atoms with Crippen molar-refractivity contribution in [1.82, 2.24) is 9.88 Å². The van der Waals surface area contributed by atoms with E-state index in [1.54, 1.807) is 5.38 Å². The number of carbonyl (C=O) groups excluding carboxylic acids is 1. The van der Waals surface area contributed by atoms with Gasteiger partial charge in [-0.15, -0.1) is 11.3 Å². The van der Waals surface area contributed by atoms with Gasteiger partial charge in [0, 0.05) is 11.9 Å². The fraction of sp³-hybridized carbons (Fsp3) is 0.545. The summed E-state index contributed by atoms with van der Waals surface area (Å²) in [6.45, 7) is 3.43. The number of unbranched alkanes of at least 4 members (excludes halogenated alkanes) is 1. The van der Waals surface area contributed by atoms with Gasteiger partial charge in [-0.2, -0.15) is 0 Å². The highest BCUT2D eigenvalue weighted by atomic mass is 32.1. The van der Waals surface area contributed by atoms with E-state index < -0.39 is 5.97 Å². The Morgan fingerprint density at radius 3 is 2.78 bits per heavy atom. The monoisotopic (exact) mass is 271 g/mol. The first-order valence-corrected chi connectivity index (χ1v) is 6.59. The molecule has 0 fully saturated rings. The van der Waals surface area contributed by atoms with Crippen molar-refractivity contribution in [2.75, 3.05) is 13.1 Å². The SMILES string of the molecule is CCCCN(CC(N)=O)Cc1csc(C(=O)O)n1. The highest BCUT2D eigenvalue weighted by Gasteiger charge is 2.13. The smallest absolute Gasteiger partial charge is 0.365 e. The van der Waals surface area contributed by atoms with Gasteiger partial charge in [0.05, 0.1) is 12.2 Å². The van der Waals surface area contributed by atoms with Gasteiger partial charge in [-0.1, -0.05) is 13.3 Å². The summed E-state index contributed by atoms with van der Waals surface area (Å²) >= 11 is 1.09. The number of nitrogens with two attached hydrogens (primary N) is 1. The molecule has 1 aromatic heterocycles. The zero-order valence-electron chi connectivity index (χ0n) is 10.3. The molecule has 0 unspecified atom stereocenters. The Balaban J connectivity index is 2.62. The lowest BCUT2D eigenvalue weighted by atomic mass is 10.3. The molecule has 18 heavy (non-hydrogen) atoms. The summed E-state index contributed by atoms with van der Waals surface area (Å²) in [6.07, 6.45) is 1.98. The van der Waals surface area contributed by atoms with Crippen LogP contribution in [0, 0.1) is 0 Å². The summed E-state index contributed by atoms with van der Waals surface area (Å²) in [4.78, 5) is 27.5. The molecule has 1 aromatic rings. The molecule has 1 heterocycles. The number of carbonyl (C=O) groups is 2. The number of nitrogens with zero attached hydrogens (tertiary/aromatic N) is 2. The van der Waals surface area contributed by atoms with Crippen molar-refractivity contribution < 1.29 is 14.7 Å². The van der Waals surface area contributed by atoms with E-state index in [4.69, 9.17) is 10.8 Å².